The number of pyridine rings is 2. The van der Waals surface area contributed by atoms with Crippen LogP contribution in [0.1, 0.15) is 28.0 Å². The molecule has 36 heavy (non-hydrogen) atoms. The first-order chi connectivity index (χ1) is 17.5. The second-order valence-corrected chi connectivity index (χ2v) is 9.17. The first-order valence-corrected chi connectivity index (χ1v) is 11.9. The highest BCUT2D eigenvalue weighted by molar-refractivity contribution is 6.30. The Morgan fingerprint density at radius 2 is 1.36 bits per heavy atom. The lowest BCUT2D eigenvalue weighted by Gasteiger charge is -2.16. The van der Waals surface area contributed by atoms with Gasteiger partial charge in [0.2, 0.25) is 0 Å². The lowest BCUT2D eigenvalue weighted by Crippen LogP contribution is -2.11. The largest absolute Gasteiger partial charge is 0.380 e. The maximum atomic E-state index is 12.3. The number of aromatic nitrogens is 4. The van der Waals surface area contributed by atoms with Gasteiger partial charge in [-0.2, -0.15) is 0 Å². The number of rotatable bonds is 5. The number of aliphatic hydroxyl groups is 1. The summed E-state index contributed by atoms with van der Waals surface area (Å²) in [5.41, 5.74) is 5.32. The highest BCUT2D eigenvalue weighted by Crippen LogP contribution is 2.35. The average molecular weight is 513 g/mol. The number of aldehydes is 1. The molecule has 6 rings (SSSR count). The number of benzene rings is 2. The third kappa shape index (κ3) is 3.67. The Labute approximate surface area is 216 Å². The molecule has 8 heteroatoms. The first-order valence-electron chi connectivity index (χ1n) is 11.2. The number of halogens is 2. The Bertz CT molecular complexity index is 1740. The first kappa shape index (κ1) is 22.5. The van der Waals surface area contributed by atoms with Crippen LogP contribution in [0, 0.1) is 0 Å². The summed E-state index contributed by atoms with van der Waals surface area (Å²) >= 11 is 12.2. The number of imidazole rings is 2. The Kier molecular flexibility index (Phi) is 5.57. The molecule has 0 bridgehead atoms. The van der Waals surface area contributed by atoms with Gasteiger partial charge in [-0.15, -0.1) is 0 Å². The predicted molar refractivity (Wildman–Crippen MR) is 141 cm³/mol. The van der Waals surface area contributed by atoms with Crippen LogP contribution in [-0.2, 0) is 0 Å². The summed E-state index contributed by atoms with van der Waals surface area (Å²) in [5.74, 6) is 0. The maximum absolute atomic E-state index is 12.3. The van der Waals surface area contributed by atoms with E-state index in [0.29, 0.717) is 49.8 Å². The van der Waals surface area contributed by atoms with E-state index < -0.39 is 6.10 Å². The van der Waals surface area contributed by atoms with Crippen LogP contribution in [0.4, 0.5) is 0 Å². The van der Waals surface area contributed by atoms with Crippen molar-refractivity contribution in [2.24, 2.45) is 0 Å². The van der Waals surface area contributed by atoms with Crippen LogP contribution in [0.25, 0.3) is 33.8 Å². The third-order valence-corrected chi connectivity index (χ3v) is 6.67. The van der Waals surface area contributed by atoms with Crippen molar-refractivity contribution in [1.29, 1.82) is 0 Å². The van der Waals surface area contributed by atoms with Gasteiger partial charge in [0.1, 0.15) is 28.8 Å². The van der Waals surface area contributed by atoms with Crippen LogP contribution in [0.2, 0.25) is 10.0 Å². The second kappa shape index (κ2) is 8.91. The molecule has 0 amide bonds. The summed E-state index contributed by atoms with van der Waals surface area (Å²) in [6.07, 6.45) is 1.49. The molecular weight excluding hydrogens is 495 g/mol. The van der Waals surface area contributed by atoms with Gasteiger partial charge in [-0.3, -0.25) is 9.20 Å². The molecule has 0 saturated heterocycles. The Morgan fingerprint density at radius 3 is 2.03 bits per heavy atom. The molecule has 0 fully saturated rings. The minimum Gasteiger partial charge on any atom is -0.380 e. The third-order valence-electron chi connectivity index (χ3n) is 6.16. The summed E-state index contributed by atoms with van der Waals surface area (Å²) in [7, 11) is 0. The summed E-state index contributed by atoms with van der Waals surface area (Å²) < 4.78 is 3.54. The minimum absolute atomic E-state index is 0.337. The molecule has 176 valence electrons. The summed E-state index contributed by atoms with van der Waals surface area (Å²) in [4.78, 5) is 21.8. The van der Waals surface area contributed by atoms with Crippen LogP contribution < -0.4 is 0 Å². The van der Waals surface area contributed by atoms with E-state index in [9.17, 15) is 9.90 Å². The normalized spacial score (nSPS) is 12.3. The van der Waals surface area contributed by atoms with Crippen LogP contribution in [0.5, 0.6) is 0 Å². The lowest BCUT2D eigenvalue weighted by atomic mass is 10.0. The van der Waals surface area contributed by atoms with Crippen molar-refractivity contribution in [2.45, 2.75) is 6.10 Å². The van der Waals surface area contributed by atoms with Gasteiger partial charge in [0.25, 0.3) is 0 Å². The molecule has 1 N–H and O–H groups in total. The van der Waals surface area contributed by atoms with Gasteiger partial charge in [-0.05, 0) is 48.5 Å². The van der Waals surface area contributed by atoms with E-state index in [1.807, 2.05) is 59.1 Å². The van der Waals surface area contributed by atoms with Gasteiger partial charge in [-0.25, -0.2) is 9.97 Å². The second-order valence-electron chi connectivity index (χ2n) is 8.30. The summed E-state index contributed by atoms with van der Waals surface area (Å²) in [5, 5.41) is 13.0. The summed E-state index contributed by atoms with van der Waals surface area (Å²) in [6.45, 7) is 0. The zero-order valence-electron chi connectivity index (χ0n) is 18.7. The van der Waals surface area contributed by atoms with E-state index in [-0.39, 0.29) is 0 Å². The average Bonchev–Trinajstić information content (AvgIpc) is 3.48. The summed E-state index contributed by atoms with van der Waals surface area (Å²) in [6, 6.07) is 25.5. The number of aliphatic hydroxyl groups excluding tert-OH is 1. The van der Waals surface area contributed by atoms with Gasteiger partial charge < -0.3 is 9.51 Å². The van der Waals surface area contributed by atoms with Gasteiger partial charge in [0, 0.05) is 27.4 Å². The van der Waals surface area contributed by atoms with Crippen molar-refractivity contribution in [3.63, 3.8) is 0 Å². The van der Waals surface area contributed by atoms with E-state index in [1.165, 1.54) is 0 Å². The minimum atomic E-state index is -1.12. The van der Waals surface area contributed by atoms with Crippen molar-refractivity contribution >= 4 is 40.8 Å². The lowest BCUT2D eigenvalue weighted by molar-refractivity contribution is 0.111. The maximum Gasteiger partial charge on any atom is 0.169 e. The van der Waals surface area contributed by atoms with Crippen LogP contribution in [-0.4, -0.2) is 30.2 Å². The molecule has 2 aromatic carbocycles. The predicted octanol–water partition coefficient (Wildman–Crippen LogP) is 6.52. The van der Waals surface area contributed by atoms with E-state index in [1.54, 1.807) is 40.8 Å². The fourth-order valence-electron chi connectivity index (χ4n) is 4.52. The molecule has 1 atom stereocenters. The fourth-order valence-corrected chi connectivity index (χ4v) is 4.77. The van der Waals surface area contributed by atoms with Gasteiger partial charge >= 0.3 is 0 Å². The number of hydrogen-bond acceptors (Lipinski definition) is 4. The Balaban J connectivity index is 1.59. The van der Waals surface area contributed by atoms with E-state index in [4.69, 9.17) is 33.2 Å². The molecule has 0 spiro atoms. The molecule has 0 aliphatic rings. The van der Waals surface area contributed by atoms with Crippen LogP contribution in [0.3, 0.4) is 0 Å². The van der Waals surface area contributed by atoms with E-state index in [2.05, 4.69) is 0 Å². The van der Waals surface area contributed by atoms with Gasteiger partial charge in [0.15, 0.2) is 6.29 Å². The molecule has 1 unspecified atom stereocenters. The smallest absolute Gasteiger partial charge is 0.169 e. The standard InChI is InChI=1S/C28H18Cl2N4O2/c29-19-11-7-17(8-12-19)25-22(16-35)34-21(4-3-6-24(34)32-25)28(36)27-26(18-9-13-20(30)14-10-18)31-23-5-1-2-15-33(23)27/h1-16,28,36H. The van der Waals surface area contributed by atoms with E-state index in [0.717, 1.165) is 17.4 Å². The Hall–Kier alpha value is -3.97. The molecule has 0 aliphatic heterocycles. The number of hydrogen-bond donors (Lipinski definition) is 1. The SMILES string of the molecule is O=Cc1c(-c2ccc(Cl)cc2)nc2cccc(C(O)c3c(-c4ccc(Cl)cc4)nc4ccccn34)n12. The fraction of sp³-hybridized carbons (Fsp3) is 0.0357. The van der Waals surface area contributed by atoms with Crippen molar-refractivity contribution < 1.29 is 9.90 Å². The molecule has 0 saturated carbocycles. The topological polar surface area (TPSA) is 71.9 Å². The molecule has 6 aromatic rings. The zero-order chi connectivity index (χ0) is 24.8. The molecule has 4 aromatic heterocycles. The molecular formula is C28H18Cl2N4O2. The number of nitrogens with zero attached hydrogens (tertiary/aromatic N) is 4. The van der Waals surface area contributed by atoms with E-state index >= 15 is 0 Å². The van der Waals surface area contributed by atoms with Gasteiger partial charge in [0.05, 0.1) is 17.1 Å². The molecule has 6 nitrogen and oxygen atoms in total. The van der Waals surface area contributed by atoms with Crippen LogP contribution in [0.15, 0.2) is 91.1 Å². The van der Waals surface area contributed by atoms with Crippen molar-refractivity contribution in [2.75, 3.05) is 0 Å². The highest BCUT2D eigenvalue weighted by atomic mass is 35.5. The number of fused-ring (bicyclic) bond motifs is 2. The van der Waals surface area contributed by atoms with Gasteiger partial charge in [-0.1, -0.05) is 59.6 Å². The highest BCUT2D eigenvalue weighted by Gasteiger charge is 2.26. The van der Waals surface area contributed by atoms with Crippen molar-refractivity contribution in [3.8, 4) is 22.5 Å². The number of carbonyl (C=O) groups excluding carboxylic acids is 1. The monoisotopic (exact) mass is 512 g/mol. The molecule has 0 aliphatic carbocycles. The van der Waals surface area contributed by atoms with Crippen molar-refractivity contribution in [3.05, 3.63) is 118 Å². The van der Waals surface area contributed by atoms with Crippen LogP contribution >= 0.6 is 23.2 Å². The Morgan fingerprint density at radius 1 is 0.750 bits per heavy atom. The molecule has 0 radical (unpaired) electrons. The quantitative estimate of drug-likeness (QED) is 0.267. The van der Waals surface area contributed by atoms with Crippen molar-refractivity contribution in [1.82, 2.24) is 18.8 Å². The zero-order valence-corrected chi connectivity index (χ0v) is 20.2. The number of carbonyl (C=O) groups is 1. The molecule has 4 heterocycles.